The van der Waals surface area contributed by atoms with Gasteiger partial charge in [0.1, 0.15) is 0 Å². The van der Waals surface area contributed by atoms with Gasteiger partial charge < -0.3 is 16.2 Å². The molecule has 0 heterocycles. The van der Waals surface area contributed by atoms with Crippen LogP contribution in [0.5, 0.6) is 0 Å². The Morgan fingerprint density at radius 2 is 2.00 bits per heavy atom. The van der Waals surface area contributed by atoms with Gasteiger partial charge in [0.05, 0.1) is 12.5 Å². The maximum atomic E-state index is 11.8. The van der Waals surface area contributed by atoms with E-state index in [1.54, 1.807) is 0 Å². The van der Waals surface area contributed by atoms with Gasteiger partial charge in [-0.2, -0.15) is 0 Å². The number of rotatable bonds is 4. The molecule has 1 saturated carbocycles. The van der Waals surface area contributed by atoms with Crippen LogP contribution in [0.1, 0.15) is 24.0 Å². The average Bonchev–Trinajstić information content (AvgIpc) is 2.27. The van der Waals surface area contributed by atoms with Gasteiger partial charge in [-0.15, -0.1) is 0 Å². The summed E-state index contributed by atoms with van der Waals surface area (Å²) < 4.78 is 0. The zero-order valence-electron chi connectivity index (χ0n) is 9.73. The van der Waals surface area contributed by atoms with E-state index < -0.39 is 0 Å². The molecule has 4 heteroatoms. The third-order valence-electron chi connectivity index (χ3n) is 3.17. The van der Waals surface area contributed by atoms with Gasteiger partial charge in [-0.1, -0.05) is 24.3 Å². The number of nitrogens with two attached hydrogens (primary N) is 1. The number of amides is 1. The minimum atomic E-state index is -0.239. The molecule has 0 aromatic heterocycles. The molecule has 2 rings (SSSR count). The maximum absolute atomic E-state index is 11.8. The summed E-state index contributed by atoms with van der Waals surface area (Å²) in [5, 5.41) is 12.0. The number of carbonyl (C=O) groups is 1. The van der Waals surface area contributed by atoms with E-state index >= 15 is 0 Å². The predicted molar refractivity (Wildman–Crippen MR) is 65.2 cm³/mol. The highest BCUT2D eigenvalue weighted by Crippen LogP contribution is 2.19. The number of hydrogen-bond donors (Lipinski definition) is 3. The summed E-state index contributed by atoms with van der Waals surface area (Å²) in [6.07, 6.45) is 1.46. The second kappa shape index (κ2) is 5.29. The molecular weight excluding hydrogens is 216 g/mol. The van der Waals surface area contributed by atoms with Gasteiger partial charge in [0, 0.05) is 12.6 Å². The van der Waals surface area contributed by atoms with E-state index in [1.807, 2.05) is 24.3 Å². The average molecular weight is 234 g/mol. The highest BCUT2D eigenvalue weighted by molar-refractivity contribution is 5.79. The van der Waals surface area contributed by atoms with Gasteiger partial charge >= 0.3 is 0 Å². The lowest BCUT2D eigenvalue weighted by Crippen LogP contribution is -2.47. The van der Waals surface area contributed by atoms with Gasteiger partial charge in [-0.3, -0.25) is 4.79 Å². The molecule has 1 amide bonds. The molecule has 0 atom stereocenters. The van der Waals surface area contributed by atoms with Gasteiger partial charge in [-0.25, -0.2) is 0 Å². The molecule has 0 bridgehead atoms. The molecule has 1 aromatic rings. The first-order chi connectivity index (χ1) is 8.19. The quantitative estimate of drug-likeness (QED) is 0.702. The van der Waals surface area contributed by atoms with Crippen molar-refractivity contribution in [2.45, 2.75) is 38.0 Å². The Kier molecular flexibility index (Phi) is 3.76. The van der Waals surface area contributed by atoms with E-state index in [0.29, 0.717) is 25.8 Å². The number of benzene rings is 1. The van der Waals surface area contributed by atoms with Crippen molar-refractivity contribution in [3.8, 4) is 0 Å². The fourth-order valence-corrected chi connectivity index (χ4v) is 2.09. The highest BCUT2D eigenvalue weighted by Gasteiger charge is 2.28. The monoisotopic (exact) mass is 234 g/mol. The maximum Gasteiger partial charge on any atom is 0.224 e. The summed E-state index contributed by atoms with van der Waals surface area (Å²) in [7, 11) is 0. The fourth-order valence-electron chi connectivity index (χ4n) is 2.09. The molecule has 1 aliphatic rings. The molecule has 0 aliphatic heterocycles. The zero-order valence-corrected chi connectivity index (χ0v) is 9.73. The van der Waals surface area contributed by atoms with Crippen LogP contribution in [0.4, 0.5) is 0 Å². The number of carbonyl (C=O) groups excluding carboxylic acids is 1. The molecule has 4 nitrogen and oxygen atoms in total. The first kappa shape index (κ1) is 12.1. The smallest absolute Gasteiger partial charge is 0.224 e. The standard InChI is InChI=1S/C13H18N2O2/c14-8-10-4-2-1-3-9(10)5-13(17)15-11-6-12(16)7-11/h1-4,11-12,16H,5-8,14H2,(H,15,17). The van der Waals surface area contributed by atoms with Crippen LogP contribution in [-0.2, 0) is 17.8 Å². The van der Waals surface area contributed by atoms with Crippen LogP contribution in [0.25, 0.3) is 0 Å². The molecule has 0 radical (unpaired) electrons. The Morgan fingerprint density at radius 1 is 1.35 bits per heavy atom. The third kappa shape index (κ3) is 3.05. The van der Waals surface area contributed by atoms with E-state index in [1.165, 1.54) is 0 Å². The minimum Gasteiger partial charge on any atom is -0.393 e. The van der Waals surface area contributed by atoms with Crippen molar-refractivity contribution in [1.82, 2.24) is 5.32 Å². The highest BCUT2D eigenvalue weighted by atomic mass is 16.3. The van der Waals surface area contributed by atoms with Crippen molar-refractivity contribution in [3.63, 3.8) is 0 Å². The lowest BCUT2D eigenvalue weighted by molar-refractivity contribution is -0.122. The minimum absolute atomic E-state index is 0.00259. The third-order valence-corrected chi connectivity index (χ3v) is 3.17. The van der Waals surface area contributed by atoms with Crippen LogP contribution in [0.2, 0.25) is 0 Å². The van der Waals surface area contributed by atoms with Crippen LogP contribution < -0.4 is 11.1 Å². The molecule has 0 spiro atoms. The summed E-state index contributed by atoms with van der Waals surface area (Å²) in [6, 6.07) is 7.84. The van der Waals surface area contributed by atoms with E-state index in [9.17, 15) is 4.79 Å². The summed E-state index contributed by atoms with van der Waals surface area (Å²) in [5.41, 5.74) is 7.61. The van der Waals surface area contributed by atoms with Gasteiger partial charge in [0.2, 0.25) is 5.91 Å². The molecule has 1 aromatic carbocycles. The summed E-state index contributed by atoms with van der Waals surface area (Å²) in [4.78, 5) is 11.8. The summed E-state index contributed by atoms with van der Waals surface area (Å²) in [6.45, 7) is 0.450. The topological polar surface area (TPSA) is 75.4 Å². The van der Waals surface area contributed by atoms with Crippen molar-refractivity contribution >= 4 is 5.91 Å². The van der Waals surface area contributed by atoms with Gasteiger partial charge in [0.25, 0.3) is 0 Å². The summed E-state index contributed by atoms with van der Waals surface area (Å²) >= 11 is 0. The molecule has 4 N–H and O–H groups in total. The number of nitrogens with one attached hydrogen (secondary N) is 1. The second-order valence-electron chi connectivity index (χ2n) is 4.54. The molecule has 92 valence electrons. The van der Waals surface area contributed by atoms with Gasteiger partial charge in [0.15, 0.2) is 0 Å². The van der Waals surface area contributed by atoms with Crippen molar-refractivity contribution < 1.29 is 9.90 Å². The van der Waals surface area contributed by atoms with E-state index in [4.69, 9.17) is 10.8 Å². The second-order valence-corrected chi connectivity index (χ2v) is 4.54. The largest absolute Gasteiger partial charge is 0.393 e. The first-order valence-corrected chi connectivity index (χ1v) is 5.93. The normalized spacial score (nSPS) is 22.9. The Labute approximate surface area is 101 Å². The molecule has 17 heavy (non-hydrogen) atoms. The van der Waals surface area contributed by atoms with Crippen LogP contribution in [0, 0.1) is 0 Å². The van der Waals surface area contributed by atoms with E-state index in [-0.39, 0.29) is 18.1 Å². The van der Waals surface area contributed by atoms with Gasteiger partial charge in [-0.05, 0) is 24.0 Å². The SMILES string of the molecule is NCc1ccccc1CC(=O)NC1CC(O)C1. The van der Waals surface area contributed by atoms with Crippen LogP contribution in [-0.4, -0.2) is 23.2 Å². The van der Waals surface area contributed by atoms with Crippen LogP contribution >= 0.6 is 0 Å². The molecule has 1 fully saturated rings. The molecule has 1 aliphatic carbocycles. The Bertz CT molecular complexity index is 400. The summed E-state index contributed by atoms with van der Waals surface area (Å²) in [5.74, 6) is 0.00259. The van der Waals surface area contributed by atoms with Crippen molar-refractivity contribution in [2.24, 2.45) is 5.73 Å². The van der Waals surface area contributed by atoms with Crippen LogP contribution in [0.15, 0.2) is 24.3 Å². The number of hydrogen-bond acceptors (Lipinski definition) is 3. The first-order valence-electron chi connectivity index (χ1n) is 5.93. The van der Waals surface area contributed by atoms with Crippen molar-refractivity contribution in [2.75, 3.05) is 0 Å². The lowest BCUT2D eigenvalue weighted by Gasteiger charge is -2.32. The predicted octanol–water partition coefficient (Wildman–Crippen LogP) is 0.327. The lowest BCUT2D eigenvalue weighted by atomic mass is 9.89. The molecule has 0 unspecified atom stereocenters. The van der Waals surface area contributed by atoms with E-state index in [2.05, 4.69) is 5.32 Å². The van der Waals surface area contributed by atoms with Crippen molar-refractivity contribution in [1.29, 1.82) is 0 Å². The Balaban J connectivity index is 1.89. The number of aliphatic hydroxyl groups is 1. The number of aliphatic hydroxyl groups excluding tert-OH is 1. The molecular formula is C13H18N2O2. The fraction of sp³-hybridized carbons (Fsp3) is 0.462. The van der Waals surface area contributed by atoms with Crippen LogP contribution in [0.3, 0.4) is 0 Å². The zero-order chi connectivity index (χ0) is 12.3. The molecule has 0 saturated heterocycles. The Morgan fingerprint density at radius 3 is 2.59 bits per heavy atom. The van der Waals surface area contributed by atoms with E-state index in [0.717, 1.165) is 11.1 Å². The Hall–Kier alpha value is -1.39. The van der Waals surface area contributed by atoms with Crippen molar-refractivity contribution in [3.05, 3.63) is 35.4 Å².